The van der Waals surface area contributed by atoms with Gasteiger partial charge in [-0.25, -0.2) is 0 Å². The minimum Gasteiger partial charge on any atom is -0.379 e. The topological polar surface area (TPSA) is 93.7 Å². The summed E-state index contributed by atoms with van der Waals surface area (Å²) in [6.45, 7) is 11.3. The van der Waals surface area contributed by atoms with Crippen molar-refractivity contribution in [3.05, 3.63) is 0 Å². The van der Waals surface area contributed by atoms with Gasteiger partial charge in [0.05, 0.1) is 25.9 Å². The molecule has 1 fully saturated rings. The van der Waals surface area contributed by atoms with E-state index in [-0.39, 0.29) is 29.9 Å². The number of nitrogens with one attached hydrogen (secondary N) is 2. The zero-order chi connectivity index (χ0) is 22.1. The van der Waals surface area contributed by atoms with Gasteiger partial charge >= 0.3 is 0 Å². The summed E-state index contributed by atoms with van der Waals surface area (Å²) < 4.78 is 10.7. The third-order valence-electron chi connectivity index (χ3n) is 4.72. The second-order valence-electron chi connectivity index (χ2n) is 7.32. The summed E-state index contributed by atoms with van der Waals surface area (Å²) in [6, 6.07) is 0.172. The van der Waals surface area contributed by atoms with Crippen molar-refractivity contribution in [3.8, 4) is 0 Å². The molecule has 0 aromatic carbocycles. The molecule has 0 saturated heterocycles. The molecule has 1 saturated carbocycles. The Morgan fingerprint density at radius 3 is 2.14 bits per heavy atom. The Kier molecular flexibility index (Phi) is 16.5. The molecule has 2 N–H and O–H groups in total. The molecule has 0 radical (unpaired) electrons. The largest absolute Gasteiger partial charge is 0.379 e. The summed E-state index contributed by atoms with van der Waals surface area (Å²) in [5.74, 6) is 0.440. The number of hydrogen-bond donors (Lipinski definition) is 2. The lowest BCUT2D eigenvalue weighted by Gasteiger charge is -2.28. The highest BCUT2D eigenvalue weighted by Crippen LogP contribution is 2.25. The summed E-state index contributed by atoms with van der Waals surface area (Å²) in [4.78, 5) is 35.2. The summed E-state index contributed by atoms with van der Waals surface area (Å²) in [6.07, 6.45) is 4.86. The van der Waals surface area contributed by atoms with Crippen LogP contribution in [0.25, 0.3) is 0 Å². The number of ether oxygens (including phenoxy) is 2. The van der Waals surface area contributed by atoms with Crippen molar-refractivity contribution < 1.29 is 23.9 Å². The number of carbonyl (C=O) groups excluding carboxylic acids is 3. The minimum atomic E-state index is -0.0610. The van der Waals surface area contributed by atoms with Gasteiger partial charge in [-0.3, -0.25) is 14.4 Å². The molecule has 0 aliphatic heterocycles. The van der Waals surface area contributed by atoms with Crippen LogP contribution in [-0.4, -0.2) is 56.1 Å². The van der Waals surface area contributed by atoms with Gasteiger partial charge in [0.2, 0.25) is 11.8 Å². The predicted octanol–water partition coefficient (Wildman–Crippen LogP) is 3.00. The molecule has 0 unspecified atom stereocenters. The maximum absolute atomic E-state index is 12.0. The number of hydrogen-bond acceptors (Lipinski definition) is 5. The van der Waals surface area contributed by atoms with Gasteiger partial charge in [0.1, 0.15) is 5.78 Å². The van der Waals surface area contributed by atoms with E-state index in [4.69, 9.17) is 9.47 Å². The first-order valence-electron chi connectivity index (χ1n) is 11.2. The lowest BCUT2D eigenvalue weighted by Crippen LogP contribution is -2.39. The van der Waals surface area contributed by atoms with Crippen LogP contribution in [0.3, 0.4) is 0 Å². The fourth-order valence-corrected chi connectivity index (χ4v) is 3.15. The molecule has 2 amide bonds. The van der Waals surface area contributed by atoms with E-state index >= 15 is 0 Å². The highest BCUT2D eigenvalue weighted by molar-refractivity contribution is 5.81. The molecule has 7 nitrogen and oxygen atoms in total. The fourth-order valence-electron chi connectivity index (χ4n) is 3.15. The molecule has 1 aliphatic rings. The highest BCUT2D eigenvalue weighted by Gasteiger charge is 2.25. The molecule has 0 bridgehead atoms. The van der Waals surface area contributed by atoms with E-state index in [1.807, 2.05) is 34.6 Å². The van der Waals surface area contributed by atoms with Gasteiger partial charge in [0.25, 0.3) is 0 Å². The van der Waals surface area contributed by atoms with Crippen molar-refractivity contribution in [1.82, 2.24) is 10.6 Å². The van der Waals surface area contributed by atoms with E-state index in [1.165, 1.54) is 0 Å². The maximum atomic E-state index is 12.0. The van der Waals surface area contributed by atoms with E-state index in [9.17, 15) is 14.4 Å². The first-order chi connectivity index (χ1) is 13.9. The Morgan fingerprint density at radius 1 is 0.931 bits per heavy atom. The van der Waals surface area contributed by atoms with Gasteiger partial charge in [-0.1, -0.05) is 20.8 Å². The number of carbonyl (C=O) groups is 3. The molecule has 0 heterocycles. The quantitative estimate of drug-likeness (QED) is 0.452. The Hall–Kier alpha value is -1.47. The summed E-state index contributed by atoms with van der Waals surface area (Å²) in [7, 11) is 0. The molecular weight excluding hydrogens is 372 g/mol. The zero-order valence-electron chi connectivity index (χ0n) is 19.1. The number of amides is 2. The summed E-state index contributed by atoms with van der Waals surface area (Å²) >= 11 is 0. The molecule has 170 valence electrons. The molecule has 7 heteroatoms. The van der Waals surface area contributed by atoms with E-state index in [0.717, 1.165) is 25.7 Å². The van der Waals surface area contributed by atoms with Crippen LogP contribution in [-0.2, 0) is 23.9 Å². The van der Waals surface area contributed by atoms with Crippen molar-refractivity contribution in [3.63, 3.8) is 0 Å². The van der Waals surface area contributed by atoms with Crippen LogP contribution in [0.5, 0.6) is 0 Å². The summed E-state index contributed by atoms with van der Waals surface area (Å²) in [5, 5.41) is 5.78. The number of ketones is 1. The monoisotopic (exact) mass is 414 g/mol. The van der Waals surface area contributed by atoms with Crippen LogP contribution in [0.15, 0.2) is 0 Å². The van der Waals surface area contributed by atoms with Gasteiger partial charge in [-0.2, -0.15) is 0 Å². The molecular formula is C22H42N2O5. The number of rotatable bonds is 13. The Balaban J connectivity index is 0.00000379. The Bertz CT molecular complexity index is 460. The van der Waals surface area contributed by atoms with Crippen LogP contribution in [0.4, 0.5) is 0 Å². The van der Waals surface area contributed by atoms with Crippen LogP contribution >= 0.6 is 0 Å². The van der Waals surface area contributed by atoms with Gasteiger partial charge in [0.15, 0.2) is 0 Å². The first-order valence-corrected chi connectivity index (χ1v) is 11.2. The number of Topliss-reactive ketones (excluding diaryl/α,β-unsaturated/α-hetero) is 1. The average Bonchev–Trinajstić information content (AvgIpc) is 2.71. The lowest BCUT2D eigenvalue weighted by atomic mass is 9.83. The standard InChI is InChI=1S/C20H36N2O5.C2H6/c1-4-18(23)16-5-7-17(8-6-16)22-20(25)9-12-26-14-11-21-19(24)10-13-27-15(2)3;1-2/h15-17H,4-14H2,1-3H3,(H,21,24)(H,22,25);1-2H3. The minimum absolute atomic E-state index is 0.0184. The molecule has 0 spiro atoms. The van der Waals surface area contributed by atoms with Crippen LogP contribution in [0.2, 0.25) is 0 Å². The maximum Gasteiger partial charge on any atom is 0.222 e. The second kappa shape index (κ2) is 17.4. The second-order valence-corrected chi connectivity index (χ2v) is 7.32. The lowest BCUT2D eigenvalue weighted by molar-refractivity contribution is -0.125. The van der Waals surface area contributed by atoms with E-state index in [1.54, 1.807) is 0 Å². The van der Waals surface area contributed by atoms with Gasteiger partial charge in [0, 0.05) is 37.8 Å². The molecule has 1 aliphatic carbocycles. The Morgan fingerprint density at radius 2 is 1.55 bits per heavy atom. The molecule has 1 rings (SSSR count). The van der Waals surface area contributed by atoms with Crippen molar-refractivity contribution in [1.29, 1.82) is 0 Å². The van der Waals surface area contributed by atoms with Crippen molar-refractivity contribution >= 4 is 17.6 Å². The fraction of sp³-hybridized carbons (Fsp3) is 0.864. The van der Waals surface area contributed by atoms with E-state index in [2.05, 4.69) is 10.6 Å². The van der Waals surface area contributed by atoms with Crippen LogP contribution < -0.4 is 10.6 Å². The Labute approximate surface area is 176 Å². The van der Waals surface area contributed by atoms with Gasteiger partial charge in [-0.05, 0) is 39.5 Å². The van der Waals surface area contributed by atoms with Crippen LogP contribution in [0.1, 0.15) is 79.6 Å². The first kappa shape index (κ1) is 27.5. The van der Waals surface area contributed by atoms with E-state index in [0.29, 0.717) is 51.4 Å². The molecule has 0 aromatic heterocycles. The highest BCUT2D eigenvalue weighted by atomic mass is 16.5. The van der Waals surface area contributed by atoms with Crippen molar-refractivity contribution in [2.24, 2.45) is 5.92 Å². The SMILES string of the molecule is CC.CCC(=O)C1CCC(NC(=O)CCOCCNC(=O)CCOC(C)C)CC1. The predicted molar refractivity (Wildman–Crippen MR) is 115 cm³/mol. The van der Waals surface area contributed by atoms with Crippen molar-refractivity contribution in [2.75, 3.05) is 26.4 Å². The average molecular weight is 415 g/mol. The zero-order valence-corrected chi connectivity index (χ0v) is 19.1. The van der Waals surface area contributed by atoms with Gasteiger partial charge < -0.3 is 20.1 Å². The van der Waals surface area contributed by atoms with Crippen LogP contribution in [0, 0.1) is 5.92 Å². The molecule has 29 heavy (non-hydrogen) atoms. The van der Waals surface area contributed by atoms with Crippen molar-refractivity contribution in [2.45, 2.75) is 91.7 Å². The normalized spacial score (nSPS) is 18.6. The smallest absolute Gasteiger partial charge is 0.222 e. The summed E-state index contributed by atoms with van der Waals surface area (Å²) in [5.41, 5.74) is 0. The van der Waals surface area contributed by atoms with Gasteiger partial charge in [-0.15, -0.1) is 0 Å². The molecule has 0 atom stereocenters. The third kappa shape index (κ3) is 14.2. The molecule has 0 aromatic rings. The van der Waals surface area contributed by atoms with E-state index < -0.39 is 0 Å². The third-order valence-corrected chi connectivity index (χ3v) is 4.72.